The summed E-state index contributed by atoms with van der Waals surface area (Å²) >= 11 is 0. The first kappa shape index (κ1) is 21.1. The van der Waals surface area contributed by atoms with Crippen LogP contribution in [0.5, 0.6) is 0 Å². The number of anilines is 2. The molecule has 0 saturated carbocycles. The van der Waals surface area contributed by atoms with Crippen LogP contribution < -0.4 is 10.0 Å². The topological polar surface area (TPSA) is 95.6 Å². The molecular weight excluding hydrogens is 402 g/mol. The van der Waals surface area contributed by atoms with E-state index in [9.17, 15) is 18.0 Å². The van der Waals surface area contributed by atoms with Gasteiger partial charge in [0, 0.05) is 30.9 Å². The minimum atomic E-state index is -3.94. The van der Waals surface area contributed by atoms with Crippen molar-refractivity contribution in [3.05, 3.63) is 90.0 Å². The number of hydrogen-bond donors (Lipinski definition) is 2. The van der Waals surface area contributed by atoms with Crippen LogP contribution in [0.25, 0.3) is 0 Å². The number of hydrogen-bond acceptors (Lipinski definition) is 4. The van der Waals surface area contributed by atoms with E-state index in [1.54, 1.807) is 68.7 Å². The monoisotopic (exact) mass is 423 g/mol. The first-order chi connectivity index (χ1) is 14.3. The van der Waals surface area contributed by atoms with Crippen molar-refractivity contribution >= 4 is 33.2 Å². The Morgan fingerprint density at radius 2 is 1.40 bits per heavy atom. The molecule has 0 atom stereocenters. The summed E-state index contributed by atoms with van der Waals surface area (Å²) in [6.45, 7) is 0. The first-order valence-corrected chi connectivity index (χ1v) is 10.6. The van der Waals surface area contributed by atoms with Crippen LogP contribution in [0.2, 0.25) is 0 Å². The molecule has 0 aliphatic rings. The Morgan fingerprint density at radius 3 is 2.03 bits per heavy atom. The average Bonchev–Trinajstić information content (AvgIpc) is 2.74. The predicted molar refractivity (Wildman–Crippen MR) is 116 cm³/mol. The molecule has 0 bridgehead atoms. The summed E-state index contributed by atoms with van der Waals surface area (Å²) < 4.78 is 28.2. The summed E-state index contributed by atoms with van der Waals surface area (Å²) in [6, 6.07) is 20.5. The number of carbonyl (C=O) groups excluding carboxylic acids is 2. The maximum atomic E-state index is 12.8. The molecule has 2 N–H and O–H groups in total. The van der Waals surface area contributed by atoms with Gasteiger partial charge >= 0.3 is 6.03 Å². The molecule has 0 radical (unpaired) electrons. The zero-order valence-corrected chi connectivity index (χ0v) is 17.3. The molecule has 0 spiro atoms. The van der Waals surface area contributed by atoms with Gasteiger partial charge in [0.2, 0.25) is 0 Å². The van der Waals surface area contributed by atoms with Crippen molar-refractivity contribution in [1.82, 2.24) is 4.90 Å². The number of ketones is 1. The number of amides is 2. The molecule has 0 aliphatic heterocycles. The van der Waals surface area contributed by atoms with Gasteiger partial charge in [-0.3, -0.25) is 9.52 Å². The van der Waals surface area contributed by atoms with Crippen molar-refractivity contribution in [3.8, 4) is 0 Å². The van der Waals surface area contributed by atoms with E-state index in [0.29, 0.717) is 11.3 Å². The van der Waals surface area contributed by atoms with Crippen LogP contribution in [0.4, 0.5) is 16.2 Å². The number of nitrogens with one attached hydrogen (secondary N) is 2. The lowest BCUT2D eigenvalue weighted by atomic mass is 10.0. The maximum absolute atomic E-state index is 12.8. The van der Waals surface area contributed by atoms with Gasteiger partial charge in [0.25, 0.3) is 10.0 Å². The molecule has 0 saturated heterocycles. The van der Waals surface area contributed by atoms with Gasteiger partial charge in [-0.1, -0.05) is 42.5 Å². The van der Waals surface area contributed by atoms with Crippen molar-refractivity contribution in [1.29, 1.82) is 0 Å². The molecule has 154 valence electrons. The predicted octanol–water partition coefficient (Wildman–Crippen LogP) is 3.81. The summed E-state index contributed by atoms with van der Waals surface area (Å²) in [7, 11) is -0.732. The molecule has 0 unspecified atom stereocenters. The molecule has 3 aromatic rings. The van der Waals surface area contributed by atoms with Crippen LogP contribution in [0.1, 0.15) is 15.9 Å². The fraction of sp³-hybridized carbons (Fsp3) is 0.0909. The van der Waals surface area contributed by atoms with Gasteiger partial charge in [-0.2, -0.15) is 0 Å². The third kappa shape index (κ3) is 4.84. The van der Waals surface area contributed by atoms with E-state index < -0.39 is 10.0 Å². The van der Waals surface area contributed by atoms with E-state index in [4.69, 9.17) is 0 Å². The minimum Gasteiger partial charge on any atom is -0.331 e. The standard InChI is InChI=1S/C22H21N3O4S/c1-25(2)22(27)23-17-12-14-18(15-13-17)30(28,29)24-20-11-7-6-10-19(20)21(26)16-8-4-3-5-9-16/h3-15,24H,1-2H3,(H,23,27). The van der Waals surface area contributed by atoms with Crippen molar-refractivity contribution in [2.24, 2.45) is 0 Å². The summed E-state index contributed by atoms with van der Waals surface area (Å²) in [5.41, 5.74) is 1.37. The zero-order valence-electron chi connectivity index (χ0n) is 16.5. The third-order valence-electron chi connectivity index (χ3n) is 4.27. The van der Waals surface area contributed by atoms with Crippen molar-refractivity contribution < 1.29 is 18.0 Å². The molecule has 30 heavy (non-hydrogen) atoms. The van der Waals surface area contributed by atoms with Crippen LogP contribution >= 0.6 is 0 Å². The van der Waals surface area contributed by atoms with Crippen LogP contribution in [0, 0.1) is 0 Å². The highest BCUT2D eigenvalue weighted by Gasteiger charge is 2.19. The van der Waals surface area contributed by atoms with Crippen molar-refractivity contribution in [2.75, 3.05) is 24.1 Å². The number of para-hydroxylation sites is 1. The quantitative estimate of drug-likeness (QED) is 0.589. The lowest BCUT2D eigenvalue weighted by molar-refractivity contribution is 0.103. The van der Waals surface area contributed by atoms with Gasteiger partial charge in [0.05, 0.1) is 10.6 Å². The molecule has 7 nitrogen and oxygen atoms in total. The molecule has 0 aromatic heterocycles. The van der Waals surface area contributed by atoms with Gasteiger partial charge in [0.15, 0.2) is 5.78 Å². The summed E-state index contributed by atoms with van der Waals surface area (Å²) in [6.07, 6.45) is 0. The number of nitrogens with zero attached hydrogens (tertiary/aromatic N) is 1. The fourth-order valence-corrected chi connectivity index (χ4v) is 3.75. The lowest BCUT2D eigenvalue weighted by Gasteiger charge is -2.14. The second-order valence-electron chi connectivity index (χ2n) is 6.70. The normalized spacial score (nSPS) is 10.9. The van der Waals surface area contributed by atoms with Crippen LogP contribution in [0.15, 0.2) is 83.8 Å². The highest BCUT2D eigenvalue weighted by Crippen LogP contribution is 2.23. The summed E-state index contributed by atoms with van der Waals surface area (Å²) in [4.78, 5) is 25.9. The van der Waals surface area contributed by atoms with Crippen LogP contribution in [0.3, 0.4) is 0 Å². The second-order valence-corrected chi connectivity index (χ2v) is 8.38. The smallest absolute Gasteiger partial charge is 0.321 e. The third-order valence-corrected chi connectivity index (χ3v) is 5.66. The molecule has 3 rings (SSSR count). The second kappa shape index (κ2) is 8.79. The molecule has 3 aromatic carbocycles. The van der Waals surface area contributed by atoms with E-state index in [0.717, 1.165) is 0 Å². The van der Waals surface area contributed by atoms with Crippen molar-refractivity contribution in [2.45, 2.75) is 4.90 Å². The first-order valence-electron chi connectivity index (χ1n) is 9.08. The fourth-order valence-electron chi connectivity index (χ4n) is 2.67. The number of sulfonamides is 1. The number of benzene rings is 3. The van der Waals surface area contributed by atoms with Crippen LogP contribution in [-0.4, -0.2) is 39.2 Å². The molecule has 0 fully saturated rings. The van der Waals surface area contributed by atoms with E-state index in [1.165, 1.54) is 29.2 Å². The molecule has 0 aliphatic carbocycles. The average molecular weight is 423 g/mol. The minimum absolute atomic E-state index is 0.00677. The molecule has 8 heteroatoms. The SMILES string of the molecule is CN(C)C(=O)Nc1ccc(S(=O)(=O)Nc2ccccc2C(=O)c2ccccc2)cc1. The van der Waals surface area contributed by atoms with E-state index >= 15 is 0 Å². The van der Waals surface area contributed by atoms with Crippen LogP contribution in [-0.2, 0) is 10.0 Å². The summed E-state index contributed by atoms with van der Waals surface area (Å²) in [5, 5.41) is 2.64. The van der Waals surface area contributed by atoms with Gasteiger partial charge in [-0.25, -0.2) is 13.2 Å². The Morgan fingerprint density at radius 1 is 0.800 bits per heavy atom. The van der Waals surface area contributed by atoms with Gasteiger partial charge in [0.1, 0.15) is 0 Å². The highest BCUT2D eigenvalue weighted by molar-refractivity contribution is 7.92. The highest BCUT2D eigenvalue weighted by atomic mass is 32.2. The van der Waals surface area contributed by atoms with E-state index in [1.807, 2.05) is 0 Å². The van der Waals surface area contributed by atoms with E-state index in [2.05, 4.69) is 10.0 Å². The number of urea groups is 1. The Kier molecular flexibility index (Phi) is 6.17. The van der Waals surface area contributed by atoms with Gasteiger partial charge in [-0.15, -0.1) is 0 Å². The Hall–Kier alpha value is -3.65. The lowest BCUT2D eigenvalue weighted by Crippen LogP contribution is -2.27. The zero-order chi connectivity index (χ0) is 21.7. The van der Waals surface area contributed by atoms with Gasteiger partial charge < -0.3 is 10.2 Å². The maximum Gasteiger partial charge on any atom is 0.321 e. The largest absolute Gasteiger partial charge is 0.331 e. The Balaban J connectivity index is 1.84. The molecular formula is C22H21N3O4S. The number of carbonyl (C=O) groups is 2. The van der Waals surface area contributed by atoms with Gasteiger partial charge in [-0.05, 0) is 36.4 Å². The Bertz CT molecular complexity index is 1160. The Labute approximate surface area is 175 Å². The summed E-state index contributed by atoms with van der Waals surface area (Å²) in [5.74, 6) is -0.282. The molecule has 0 heterocycles. The van der Waals surface area contributed by atoms with Crippen molar-refractivity contribution in [3.63, 3.8) is 0 Å². The van der Waals surface area contributed by atoms with E-state index in [-0.39, 0.29) is 28.0 Å². The molecule has 2 amide bonds. The number of rotatable bonds is 6.